The van der Waals surface area contributed by atoms with E-state index in [9.17, 15) is 4.79 Å². The molecule has 0 amide bonds. The molecule has 2 N–H and O–H groups in total. The lowest BCUT2D eigenvalue weighted by Crippen LogP contribution is -2.08. The van der Waals surface area contributed by atoms with Crippen LogP contribution in [0.2, 0.25) is 0 Å². The molecule has 0 saturated heterocycles. The molecule has 0 fully saturated rings. The van der Waals surface area contributed by atoms with Crippen LogP contribution >= 0.6 is 11.3 Å². The monoisotopic (exact) mass is 267 g/mol. The van der Waals surface area contributed by atoms with Crippen LogP contribution in [0.3, 0.4) is 0 Å². The van der Waals surface area contributed by atoms with Gasteiger partial charge in [-0.15, -0.1) is 11.3 Å². The number of thiazole rings is 1. The number of carboxylic acids is 1. The van der Waals surface area contributed by atoms with E-state index >= 15 is 0 Å². The molecule has 0 bridgehead atoms. The first-order chi connectivity index (χ1) is 8.63. The van der Waals surface area contributed by atoms with Crippen LogP contribution in [-0.2, 0) is 11.2 Å². The lowest BCUT2D eigenvalue weighted by molar-refractivity contribution is -0.136. The second kappa shape index (κ2) is 5.39. The maximum Gasteiger partial charge on any atom is 0.309 e. The number of carbonyl (C=O) groups is 1. The summed E-state index contributed by atoms with van der Waals surface area (Å²) < 4.78 is 1.92. The molecule has 2 aromatic heterocycles. The van der Waals surface area contributed by atoms with Gasteiger partial charge in [-0.25, -0.2) is 4.98 Å². The number of carboxylic acid groups (broad SMARTS) is 1. The highest BCUT2D eigenvalue weighted by molar-refractivity contribution is 7.15. The van der Waals surface area contributed by atoms with Crippen molar-refractivity contribution in [1.29, 1.82) is 0 Å². The van der Waals surface area contributed by atoms with Gasteiger partial charge in [-0.3, -0.25) is 9.20 Å². The van der Waals surface area contributed by atoms with E-state index < -0.39 is 5.97 Å². The molecule has 0 radical (unpaired) electrons. The molecule has 0 aliphatic carbocycles. The van der Waals surface area contributed by atoms with Gasteiger partial charge in [-0.1, -0.05) is 13.3 Å². The SMILES string of the molecule is CCCCNc1c(C)nc2scc(CC(=O)O)n12. The highest BCUT2D eigenvalue weighted by Crippen LogP contribution is 2.25. The highest BCUT2D eigenvalue weighted by Gasteiger charge is 2.15. The van der Waals surface area contributed by atoms with Crippen LogP contribution in [-0.4, -0.2) is 27.0 Å². The molecule has 98 valence electrons. The number of imidazole rings is 1. The lowest BCUT2D eigenvalue weighted by atomic mass is 10.3. The third-order valence-corrected chi connectivity index (χ3v) is 3.64. The Hall–Kier alpha value is -1.56. The first-order valence-corrected chi connectivity index (χ1v) is 6.92. The van der Waals surface area contributed by atoms with Crippen molar-refractivity contribution >= 4 is 28.1 Å². The van der Waals surface area contributed by atoms with E-state index in [0.717, 1.165) is 41.6 Å². The molecule has 0 saturated carbocycles. The Balaban J connectivity index is 2.33. The Morgan fingerprint density at radius 3 is 3.06 bits per heavy atom. The van der Waals surface area contributed by atoms with Crippen molar-refractivity contribution in [2.45, 2.75) is 33.1 Å². The van der Waals surface area contributed by atoms with Crippen LogP contribution in [0.5, 0.6) is 0 Å². The van der Waals surface area contributed by atoms with Crippen LogP contribution in [0.4, 0.5) is 5.82 Å². The Labute approximate surface area is 109 Å². The van der Waals surface area contributed by atoms with Crippen LogP contribution < -0.4 is 5.32 Å². The summed E-state index contributed by atoms with van der Waals surface area (Å²) in [5.41, 5.74) is 1.70. The van der Waals surface area contributed by atoms with Gasteiger partial charge in [-0.05, 0) is 13.3 Å². The van der Waals surface area contributed by atoms with E-state index in [1.54, 1.807) is 0 Å². The number of aromatic nitrogens is 2. The molecule has 0 unspecified atom stereocenters. The van der Waals surface area contributed by atoms with Gasteiger partial charge >= 0.3 is 5.97 Å². The summed E-state index contributed by atoms with van der Waals surface area (Å²) in [7, 11) is 0. The number of aliphatic carboxylic acids is 1. The van der Waals surface area contributed by atoms with Crippen molar-refractivity contribution in [2.75, 3.05) is 11.9 Å². The molecule has 5 nitrogen and oxygen atoms in total. The van der Waals surface area contributed by atoms with E-state index in [-0.39, 0.29) is 6.42 Å². The zero-order chi connectivity index (χ0) is 13.1. The smallest absolute Gasteiger partial charge is 0.309 e. The van der Waals surface area contributed by atoms with Gasteiger partial charge in [-0.2, -0.15) is 0 Å². The Morgan fingerprint density at radius 1 is 1.61 bits per heavy atom. The fourth-order valence-corrected chi connectivity index (χ4v) is 2.82. The van der Waals surface area contributed by atoms with Crippen molar-refractivity contribution in [1.82, 2.24) is 9.38 Å². The van der Waals surface area contributed by atoms with Crippen LogP contribution in [0.15, 0.2) is 5.38 Å². The molecule has 0 aromatic carbocycles. The van der Waals surface area contributed by atoms with Crippen LogP contribution in [0.25, 0.3) is 4.96 Å². The number of hydrogen-bond donors (Lipinski definition) is 2. The fourth-order valence-electron chi connectivity index (χ4n) is 1.89. The van der Waals surface area contributed by atoms with Gasteiger partial charge in [0.15, 0.2) is 4.96 Å². The zero-order valence-electron chi connectivity index (χ0n) is 10.6. The number of unbranched alkanes of at least 4 members (excludes halogenated alkanes) is 1. The van der Waals surface area contributed by atoms with Gasteiger partial charge in [0.1, 0.15) is 5.82 Å². The van der Waals surface area contributed by atoms with E-state index in [0.29, 0.717) is 0 Å². The molecule has 18 heavy (non-hydrogen) atoms. The summed E-state index contributed by atoms with van der Waals surface area (Å²) in [6.07, 6.45) is 2.24. The van der Waals surface area contributed by atoms with E-state index in [4.69, 9.17) is 5.11 Å². The maximum absolute atomic E-state index is 10.8. The number of nitrogens with zero attached hydrogens (tertiary/aromatic N) is 2. The Kier molecular flexibility index (Phi) is 3.86. The second-order valence-corrected chi connectivity index (χ2v) is 5.08. The van der Waals surface area contributed by atoms with Crippen molar-refractivity contribution in [2.24, 2.45) is 0 Å². The van der Waals surface area contributed by atoms with Gasteiger partial charge in [0.05, 0.1) is 12.1 Å². The van der Waals surface area contributed by atoms with E-state index in [1.807, 2.05) is 16.7 Å². The summed E-state index contributed by atoms with van der Waals surface area (Å²) in [5, 5.41) is 14.1. The first kappa shape index (κ1) is 12.9. The van der Waals surface area contributed by atoms with Crippen molar-refractivity contribution in [3.63, 3.8) is 0 Å². The summed E-state index contributed by atoms with van der Waals surface area (Å²) >= 11 is 1.48. The molecule has 6 heteroatoms. The minimum atomic E-state index is -0.819. The summed E-state index contributed by atoms with van der Waals surface area (Å²) in [6, 6.07) is 0. The van der Waals surface area contributed by atoms with Crippen LogP contribution in [0.1, 0.15) is 31.2 Å². The van der Waals surface area contributed by atoms with Gasteiger partial charge < -0.3 is 10.4 Å². The standard InChI is InChI=1S/C12H17N3O2S/c1-3-4-5-13-11-8(2)14-12-15(11)9(7-18-12)6-10(16)17/h7,13H,3-6H2,1-2H3,(H,16,17). The largest absolute Gasteiger partial charge is 0.481 e. The number of nitrogens with one attached hydrogen (secondary N) is 1. The molecule has 2 heterocycles. The molecule has 2 aromatic rings. The van der Waals surface area contributed by atoms with Crippen LogP contribution in [0, 0.1) is 6.92 Å². The van der Waals surface area contributed by atoms with E-state index in [2.05, 4.69) is 17.2 Å². The number of hydrogen-bond acceptors (Lipinski definition) is 4. The molecular formula is C12H17N3O2S. The normalized spacial score (nSPS) is 11.0. The predicted molar refractivity (Wildman–Crippen MR) is 72.5 cm³/mol. The zero-order valence-corrected chi connectivity index (χ0v) is 11.4. The number of rotatable bonds is 6. The predicted octanol–water partition coefficient (Wildman–Crippen LogP) is 2.54. The molecule has 0 aliphatic rings. The van der Waals surface area contributed by atoms with E-state index in [1.165, 1.54) is 11.3 Å². The van der Waals surface area contributed by atoms with Crippen molar-refractivity contribution < 1.29 is 9.90 Å². The first-order valence-electron chi connectivity index (χ1n) is 6.04. The molecule has 2 rings (SSSR count). The average molecular weight is 267 g/mol. The third-order valence-electron chi connectivity index (χ3n) is 2.76. The average Bonchev–Trinajstić information content (AvgIpc) is 2.80. The number of aryl methyl sites for hydroxylation is 1. The molecule has 0 spiro atoms. The summed E-state index contributed by atoms with van der Waals surface area (Å²) in [5.74, 6) is 0.108. The quantitative estimate of drug-likeness (QED) is 0.789. The number of anilines is 1. The highest BCUT2D eigenvalue weighted by atomic mass is 32.1. The molecular weight excluding hydrogens is 250 g/mol. The minimum Gasteiger partial charge on any atom is -0.481 e. The third kappa shape index (κ3) is 2.48. The lowest BCUT2D eigenvalue weighted by Gasteiger charge is -2.07. The number of fused-ring (bicyclic) bond motifs is 1. The molecule has 0 aliphatic heterocycles. The second-order valence-electron chi connectivity index (χ2n) is 4.24. The minimum absolute atomic E-state index is 0.0260. The fraction of sp³-hybridized carbons (Fsp3) is 0.500. The summed E-state index contributed by atoms with van der Waals surface area (Å²) in [4.78, 5) is 16.1. The van der Waals surface area contributed by atoms with Gasteiger partial charge in [0, 0.05) is 17.6 Å². The van der Waals surface area contributed by atoms with Gasteiger partial charge in [0.25, 0.3) is 0 Å². The van der Waals surface area contributed by atoms with Gasteiger partial charge in [0.2, 0.25) is 0 Å². The Morgan fingerprint density at radius 2 is 2.39 bits per heavy atom. The topological polar surface area (TPSA) is 66.6 Å². The van der Waals surface area contributed by atoms with Crippen molar-refractivity contribution in [3.05, 3.63) is 16.8 Å². The molecule has 0 atom stereocenters. The Bertz CT molecular complexity index is 559. The van der Waals surface area contributed by atoms with Crippen molar-refractivity contribution in [3.8, 4) is 0 Å². The maximum atomic E-state index is 10.8. The summed E-state index contributed by atoms with van der Waals surface area (Å²) in [6.45, 7) is 4.97.